The summed E-state index contributed by atoms with van der Waals surface area (Å²) in [6.45, 7) is 11.2. The molecule has 140 valence electrons. The number of amides is 1. The van der Waals surface area contributed by atoms with Crippen molar-refractivity contribution in [2.24, 2.45) is 10.9 Å². The molecular formula is C17H35N5O2. The van der Waals surface area contributed by atoms with Crippen molar-refractivity contribution in [2.45, 2.75) is 20.3 Å². The maximum absolute atomic E-state index is 11.8. The van der Waals surface area contributed by atoms with E-state index in [2.05, 4.69) is 34.0 Å². The Bertz CT molecular complexity index is 396. The standard InChI is InChI=1S/C17H35N5O2/c1-6-21(7-2)13-15-8-10-22(14-15)17(18-9-11-24-5)19-12-16(23)20(3)4/h15H,6-14H2,1-5H3,(H,18,19). The number of carbonyl (C=O) groups excluding carboxylic acids is 1. The highest BCUT2D eigenvalue weighted by Gasteiger charge is 2.26. The third-order valence-corrected chi connectivity index (χ3v) is 4.45. The monoisotopic (exact) mass is 341 g/mol. The Morgan fingerprint density at radius 1 is 1.33 bits per heavy atom. The summed E-state index contributed by atoms with van der Waals surface area (Å²) < 4.78 is 5.10. The molecular weight excluding hydrogens is 306 g/mol. The molecule has 0 aromatic rings. The van der Waals surface area contributed by atoms with Crippen LogP contribution in [0.4, 0.5) is 0 Å². The van der Waals surface area contributed by atoms with Gasteiger partial charge in [0.2, 0.25) is 5.91 Å². The average molecular weight is 342 g/mol. The van der Waals surface area contributed by atoms with Gasteiger partial charge in [-0.3, -0.25) is 4.79 Å². The highest BCUT2D eigenvalue weighted by Crippen LogP contribution is 2.17. The first kappa shape index (κ1) is 20.7. The number of nitrogens with zero attached hydrogens (tertiary/aromatic N) is 4. The molecule has 0 spiro atoms. The van der Waals surface area contributed by atoms with Crippen molar-refractivity contribution in [1.82, 2.24) is 20.0 Å². The second-order valence-corrected chi connectivity index (χ2v) is 6.43. The number of carbonyl (C=O) groups is 1. The van der Waals surface area contributed by atoms with Crippen LogP contribution in [0, 0.1) is 5.92 Å². The Labute approximate surface area is 147 Å². The number of hydrogen-bond donors (Lipinski definition) is 1. The van der Waals surface area contributed by atoms with Crippen LogP contribution in [0.15, 0.2) is 4.99 Å². The van der Waals surface area contributed by atoms with E-state index >= 15 is 0 Å². The smallest absolute Gasteiger partial charge is 0.243 e. The summed E-state index contributed by atoms with van der Waals surface area (Å²) in [5, 5.41) is 3.33. The number of hydrogen-bond acceptors (Lipinski definition) is 4. The Kier molecular flexibility index (Phi) is 9.71. The van der Waals surface area contributed by atoms with E-state index in [-0.39, 0.29) is 12.5 Å². The molecule has 1 aliphatic heterocycles. The summed E-state index contributed by atoms with van der Waals surface area (Å²) in [5.74, 6) is 1.49. The summed E-state index contributed by atoms with van der Waals surface area (Å²) in [6.07, 6.45) is 1.17. The van der Waals surface area contributed by atoms with E-state index in [1.54, 1.807) is 26.1 Å². The van der Waals surface area contributed by atoms with Crippen molar-refractivity contribution in [3.05, 3.63) is 0 Å². The summed E-state index contributed by atoms with van der Waals surface area (Å²) in [4.78, 5) is 22.7. The van der Waals surface area contributed by atoms with Gasteiger partial charge in [-0.05, 0) is 25.4 Å². The lowest BCUT2D eigenvalue weighted by atomic mass is 10.1. The van der Waals surface area contributed by atoms with Gasteiger partial charge in [-0.2, -0.15) is 0 Å². The summed E-state index contributed by atoms with van der Waals surface area (Å²) >= 11 is 0. The zero-order valence-corrected chi connectivity index (χ0v) is 16.0. The molecule has 1 N–H and O–H groups in total. The number of likely N-dealkylation sites (tertiary alicyclic amines) is 1. The number of ether oxygens (including phenoxy) is 1. The van der Waals surface area contributed by atoms with Crippen LogP contribution in [0.3, 0.4) is 0 Å². The predicted octanol–water partition coefficient (Wildman–Crippen LogP) is 0.330. The maximum atomic E-state index is 11.8. The lowest BCUT2D eigenvalue weighted by molar-refractivity contribution is -0.127. The van der Waals surface area contributed by atoms with Crippen LogP contribution in [0.1, 0.15) is 20.3 Å². The molecule has 1 heterocycles. The van der Waals surface area contributed by atoms with Crippen LogP contribution in [-0.2, 0) is 9.53 Å². The van der Waals surface area contributed by atoms with Gasteiger partial charge in [0, 0.05) is 47.4 Å². The van der Waals surface area contributed by atoms with Gasteiger partial charge in [0.1, 0.15) is 6.54 Å². The third kappa shape index (κ3) is 7.05. The molecule has 7 nitrogen and oxygen atoms in total. The second kappa shape index (κ2) is 11.3. The minimum absolute atomic E-state index is 0.0138. The van der Waals surface area contributed by atoms with Crippen molar-refractivity contribution >= 4 is 11.9 Å². The third-order valence-electron chi connectivity index (χ3n) is 4.45. The number of nitrogens with one attached hydrogen (secondary N) is 1. The Hall–Kier alpha value is -1.34. The number of methoxy groups -OCH3 is 1. The molecule has 1 amide bonds. The van der Waals surface area contributed by atoms with Gasteiger partial charge in [0.15, 0.2) is 5.96 Å². The van der Waals surface area contributed by atoms with Gasteiger partial charge >= 0.3 is 0 Å². The molecule has 7 heteroatoms. The van der Waals surface area contributed by atoms with E-state index in [1.165, 1.54) is 6.42 Å². The van der Waals surface area contributed by atoms with Crippen LogP contribution >= 0.6 is 0 Å². The first-order valence-corrected chi connectivity index (χ1v) is 8.96. The average Bonchev–Trinajstić information content (AvgIpc) is 3.03. The number of likely N-dealkylation sites (N-methyl/N-ethyl adjacent to an activating group) is 1. The first-order valence-electron chi connectivity index (χ1n) is 8.96. The molecule has 0 aromatic carbocycles. The Morgan fingerprint density at radius 3 is 2.62 bits per heavy atom. The van der Waals surface area contributed by atoms with E-state index in [1.807, 2.05) is 0 Å². The quantitative estimate of drug-likeness (QED) is 0.372. The molecule has 0 aromatic heterocycles. The van der Waals surface area contributed by atoms with Crippen molar-refractivity contribution in [3.63, 3.8) is 0 Å². The lowest BCUT2D eigenvalue weighted by Gasteiger charge is -2.24. The van der Waals surface area contributed by atoms with Crippen molar-refractivity contribution in [3.8, 4) is 0 Å². The molecule has 24 heavy (non-hydrogen) atoms. The first-order chi connectivity index (χ1) is 11.5. The molecule has 0 radical (unpaired) electrons. The summed E-state index contributed by atoms with van der Waals surface area (Å²) in [7, 11) is 5.20. The number of rotatable bonds is 9. The van der Waals surface area contributed by atoms with Gasteiger partial charge in [-0.1, -0.05) is 13.8 Å². The van der Waals surface area contributed by atoms with Gasteiger partial charge in [0.05, 0.1) is 6.61 Å². The van der Waals surface area contributed by atoms with E-state index in [4.69, 9.17) is 4.74 Å². The van der Waals surface area contributed by atoms with Gasteiger partial charge in [-0.25, -0.2) is 4.99 Å². The summed E-state index contributed by atoms with van der Waals surface area (Å²) in [5.41, 5.74) is 0. The lowest BCUT2D eigenvalue weighted by Crippen LogP contribution is -2.42. The molecule has 0 aliphatic carbocycles. The van der Waals surface area contributed by atoms with Crippen molar-refractivity contribution in [2.75, 3.05) is 73.6 Å². The molecule has 1 saturated heterocycles. The SMILES string of the molecule is CCN(CC)CC1CCN(C(=NCC(=O)N(C)C)NCCOC)C1. The minimum Gasteiger partial charge on any atom is -0.383 e. The van der Waals surface area contributed by atoms with Crippen LogP contribution in [-0.4, -0.2) is 100 Å². The van der Waals surface area contributed by atoms with Gasteiger partial charge in [-0.15, -0.1) is 0 Å². The van der Waals surface area contributed by atoms with Crippen molar-refractivity contribution < 1.29 is 9.53 Å². The number of aliphatic imine (C=N–C) groups is 1. The zero-order valence-electron chi connectivity index (χ0n) is 16.0. The zero-order chi connectivity index (χ0) is 17.9. The number of guanidine groups is 1. The predicted molar refractivity (Wildman–Crippen MR) is 98.3 cm³/mol. The fourth-order valence-corrected chi connectivity index (χ4v) is 2.84. The van der Waals surface area contributed by atoms with E-state index in [9.17, 15) is 4.79 Å². The highest BCUT2D eigenvalue weighted by molar-refractivity contribution is 5.85. The van der Waals surface area contributed by atoms with Crippen LogP contribution in [0.25, 0.3) is 0 Å². The summed E-state index contributed by atoms with van der Waals surface area (Å²) in [6, 6.07) is 0. The van der Waals surface area contributed by atoms with Gasteiger partial charge in [0.25, 0.3) is 0 Å². The molecule has 1 rings (SSSR count). The molecule has 1 unspecified atom stereocenters. The van der Waals surface area contributed by atoms with Crippen molar-refractivity contribution in [1.29, 1.82) is 0 Å². The fourth-order valence-electron chi connectivity index (χ4n) is 2.84. The van der Waals surface area contributed by atoms with Crippen LogP contribution in [0.2, 0.25) is 0 Å². The topological polar surface area (TPSA) is 60.4 Å². The maximum Gasteiger partial charge on any atom is 0.243 e. The van der Waals surface area contributed by atoms with Crippen LogP contribution < -0.4 is 5.32 Å². The molecule has 0 bridgehead atoms. The highest BCUT2D eigenvalue weighted by atomic mass is 16.5. The second-order valence-electron chi connectivity index (χ2n) is 6.43. The van der Waals surface area contributed by atoms with Gasteiger partial charge < -0.3 is 24.8 Å². The largest absolute Gasteiger partial charge is 0.383 e. The van der Waals surface area contributed by atoms with E-state index in [0.717, 1.165) is 38.7 Å². The minimum atomic E-state index is 0.0138. The normalized spacial score (nSPS) is 18.3. The Morgan fingerprint density at radius 2 is 2.04 bits per heavy atom. The van der Waals surface area contributed by atoms with E-state index < -0.39 is 0 Å². The molecule has 1 fully saturated rings. The molecule has 1 atom stereocenters. The Balaban J connectivity index is 2.62. The fraction of sp³-hybridized carbons (Fsp3) is 0.882. The molecule has 0 saturated carbocycles. The molecule has 1 aliphatic rings. The van der Waals surface area contributed by atoms with Crippen LogP contribution in [0.5, 0.6) is 0 Å². The van der Waals surface area contributed by atoms with E-state index in [0.29, 0.717) is 19.1 Å².